The Morgan fingerprint density at radius 3 is 3.33 bits per heavy atom. The summed E-state index contributed by atoms with van der Waals surface area (Å²) >= 11 is 0. The number of nitrogens with zero attached hydrogens (tertiary/aromatic N) is 1. The Kier molecular flexibility index (Phi) is 4.33. The van der Waals surface area contributed by atoms with Gasteiger partial charge in [-0.25, -0.2) is 4.98 Å². The summed E-state index contributed by atoms with van der Waals surface area (Å²) in [5.41, 5.74) is 2.03. The predicted molar refractivity (Wildman–Crippen MR) is 66.8 cm³/mol. The third-order valence-electron chi connectivity index (χ3n) is 3.14. The Labute approximate surface area is 106 Å². The standard InChI is InChI=1S/C12H20N4O2/c1-8(17)3-2-4-13-12(18)10-5-9-11(6-14-10)16-7-15-9/h7-8,10,14,17H,2-6H2,1H3,(H,13,18)(H,15,16). The van der Waals surface area contributed by atoms with Crippen LogP contribution in [0.3, 0.4) is 0 Å². The van der Waals surface area contributed by atoms with Gasteiger partial charge in [-0.3, -0.25) is 10.1 Å². The van der Waals surface area contributed by atoms with E-state index < -0.39 is 0 Å². The van der Waals surface area contributed by atoms with E-state index in [1.807, 2.05) is 0 Å². The van der Waals surface area contributed by atoms with Crippen molar-refractivity contribution in [3.05, 3.63) is 17.7 Å². The van der Waals surface area contributed by atoms with Crippen LogP contribution in [0.25, 0.3) is 0 Å². The molecule has 100 valence electrons. The van der Waals surface area contributed by atoms with Crippen molar-refractivity contribution in [2.75, 3.05) is 6.54 Å². The number of hydrogen-bond acceptors (Lipinski definition) is 4. The van der Waals surface area contributed by atoms with Crippen molar-refractivity contribution in [2.45, 2.75) is 44.9 Å². The van der Waals surface area contributed by atoms with Gasteiger partial charge in [0.05, 0.1) is 29.9 Å². The summed E-state index contributed by atoms with van der Waals surface area (Å²) in [5, 5.41) is 15.2. The van der Waals surface area contributed by atoms with E-state index in [9.17, 15) is 4.79 Å². The zero-order chi connectivity index (χ0) is 13.0. The van der Waals surface area contributed by atoms with Crippen LogP contribution in [0.4, 0.5) is 0 Å². The average Bonchev–Trinajstić information content (AvgIpc) is 2.81. The lowest BCUT2D eigenvalue weighted by molar-refractivity contribution is -0.123. The molecule has 0 bridgehead atoms. The molecule has 0 spiro atoms. The lowest BCUT2D eigenvalue weighted by Crippen LogP contribution is -2.47. The van der Waals surface area contributed by atoms with Crippen molar-refractivity contribution in [3.8, 4) is 0 Å². The van der Waals surface area contributed by atoms with Crippen molar-refractivity contribution in [1.82, 2.24) is 20.6 Å². The molecule has 0 aliphatic carbocycles. The number of imidazole rings is 1. The van der Waals surface area contributed by atoms with Gasteiger partial charge < -0.3 is 15.4 Å². The highest BCUT2D eigenvalue weighted by Crippen LogP contribution is 2.11. The Balaban J connectivity index is 1.74. The van der Waals surface area contributed by atoms with Crippen molar-refractivity contribution in [2.24, 2.45) is 0 Å². The molecule has 2 rings (SSSR count). The van der Waals surface area contributed by atoms with E-state index in [1.54, 1.807) is 13.3 Å². The first kappa shape index (κ1) is 13.0. The van der Waals surface area contributed by atoms with Crippen molar-refractivity contribution < 1.29 is 9.90 Å². The SMILES string of the molecule is CC(O)CCCNC(=O)C1Cc2nc[nH]c2CN1. The first-order valence-corrected chi connectivity index (χ1v) is 6.37. The number of nitrogens with one attached hydrogen (secondary N) is 3. The normalized spacial score (nSPS) is 20.2. The zero-order valence-corrected chi connectivity index (χ0v) is 10.6. The Morgan fingerprint density at radius 2 is 2.56 bits per heavy atom. The number of aliphatic hydroxyl groups is 1. The molecule has 0 saturated carbocycles. The minimum Gasteiger partial charge on any atom is -0.393 e. The number of aromatic amines is 1. The van der Waals surface area contributed by atoms with Gasteiger partial charge >= 0.3 is 0 Å². The van der Waals surface area contributed by atoms with Crippen LogP contribution in [0.1, 0.15) is 31.2 Å². The first-order chi connectivity index (χ1) is 8.66. The number of aromatic nitrogens is 2. The molecule has 1 aromatic heterocycles. The van der Waals surface area contributed by atoms with Crippen LogP contribution in [0.2, 0.25) is 0 Å². The smallest absolute Gasteiger partial charge is 0.237 e. The highest BCUT2D eigenvalue weighted by Gasteiger charge is 2.25. The van der Waals surface area contributed by atoms with Gasteiger partial charge in [0.1, 0.15) is 0 Å². The van der Waals surface area contributed by atoms with E-state index in [-0.39, 0.29) is 18.1 Å². The highest BCUT2D eigenvalue weighted by molar-refractivity contribution is 5.82. The number of carbonyl (C=O) groups excluding carboxylic acids is 1. The van der Waals surface area contributed by atoms with E-state index in [4.69, 9.17) is 5.11 Å². The summed E-state index contributed by atoms with van der Waals surface area (Å²) in [6.07, 6.45) is 3.49. The third kappa shape index (κ3) is 3.30. The zero-order valence-electron chi connectivity index (χ0n) is 10.6. The molecule has 2 unspecified atom stereocenters. The molecule has 1 aromatic rings. The molecule has 1 aliphatic heterocycles. The van der Waals surface area contributed by atoms with Crippen molar-refractivity contribution in [3.63, 3.8) is 0 Å². The molecule has 4 N–H and O–H groups in total. The second-order valence-corrected chi connectivity index (χ2v) is 4.75. The summed E-state index contributed by atoms with van der Waals surface area (Å²) in [6, 6.07) is -0.202. The largest absolute Gasteiger partial charge is 0.393 e. The summed E-state index contributed by atoms with van der Waals surface area (Å²) < 4.78 is 0. The minimum atomic E-state index is -0.304. The van der Waals surface area contributed by atoms with E-state index in [0.29, 0.717) is 25.9 Å². The molecule has 6 heteroatoms. The Bertz CT molecular complexity index is 403. The van der Waals surface area contributed by atoms with Crippen LogP contribution < -0.4 is 10.6 Å². The van der Waals surface area contributed by atoms with Crippen LogP contribution in [0.15, 0.2) is 6.33 Å². The quantitative estimate of drug-likeness (QED) is 0.542. The van der Waals surface area contributed by atoms with Gasteiger partial charge in [0.25, 0.3) is 0 Å². The number of aliphatic hydroxyl groups excluding tert-OH is 1. The number of fused-ring (bicyclic) bond motifs is 1. The second kappa shape index (κ2) is 5.97. The highest BCUT2D eigenvalue weighted by atomic mass is 16.3. The molecule has 0 radical (unpaired) electrons. The molecular weight excluding hydrogens is 232 g/mol. The summed E-state index contributed by atoms with van der Waals surface area (Å²) in [5.74, 6) is 0.00856. The maximum absolute atomic E-state index is 11.9. The van der Waals surface area contributed by atoms with Crippen LogP contribution in [0, 0.1) is 0 Å². The van der Waals surface area contributed by atoms with Gasteiger partial charge in [0, 0.05) is 19.5 Å². The van der Waals surface area contributed by atoms with Gasteiger partial charge in [0.15, 0.2) is 0 Å². The summed E-state index contributed by atoms with van der Waals surface area (Å²) in [6.45, 7) is 3.01. The van der Waals surface area contributed by atoms with Crippen LogP contribution >= 0.6 is 0 Å². The fourth-order valence-corrected chi connectivity index (χ4v) is 2.09. The minimum absolute atomic E-state index is 0.00856. The van der Waals surface area contributed by atoms with E-state index in [0.717, 1.165) is 17.8 Å². The van der Waals surface area contributed by atoms with Gasteiger partial charge in [-0.2, -0.15) is 0 Å². The predicted octanol–water partition coefficient (Wildman–Crippen LogP) is -0.299. The van der Waals surface area contributed by atoms with E-state index in [1.165, 1.54) is 0 Å². The maximum atomic E-state index is 11.9. The lowest BCUT2D eigenvalue weighted by Gasteiger charge is -2.22. The molecule has 18 heavy (non-hydrogen) atoms. The molecule has 2 heterocycles. The Hall–Kier alpha value is -1.40. The summed E-state index contributed by atoms with van der Waals surface area (Å²) in [7, 11) is 0. The molecule has 1 aliphatic rings. The monoisotopic (exact) mass is 252 g/mol. The molecule has 1 amide bonds. The molecule has 0 saturated heterocycles. The lowest BCUT2D eigenvalue weighted by atomic mass is 10.0. The molecule has 0 aromatic carbocycles. The number of H-pyrrole nitrogens is 1. The van der Waals surface area contributed by atoms with Gasteiger partial charge in [-0.1, -0.05) is 0 Å². The van der Waals surface area contributed by atoms with E-state index in [2.05, 4.69) is 20.6 Å². The van der Waals surface area contributed by atoms with Gasteiger partial charge in [-0.05, 0) is 19.8 Å². The fourth-order valence-electron chi connectivity index (χ4n) is 2.09. The Morgan fingerprint density at radius 1 is 1.72 bits per heavy atom. The molecule has 0 fully saturated rings. The number of amides is 1. The molecular formula is C12H20N4O2. The number of rotatable bonds is 5. The number of carbonyl (C=O) groups is 1. The van der Waals surface area contributed by atoms with E-state index >= 15 is 0 Å². The second-order valence-electron chi connectivity index (χ2n) is 4.75. The fraction of sp³-hybridized carbons (Fsp3) is 0.667. The molecule has 2 atom stereocenters. The van der Waals surface area contributed by atoms with Crippen molar-refractivity contribution >= 4 is 5.91 Å². The number of hydrogen-bond donors (Lipinski definition) is 4. The van der Waals surface area contributed by atoms with Crippen LogP contribution in [-0.2, 0) is 17.8 Å². The van der Waals surface area contributed by atoms with Crippen LogP contribution in [0.5, 0.6) is 0 Å². The van der Waals surface area contributed by atoms with Gasteiger partial charge in [-0.15, -0.1) is 0 Å². The average molecular weight is 252 g/mol. The molecule has 6 nitrogen and oxygen atoms in total. The third-order valence-corrected chi connectivity index (χ3v) is 3.14. The van der Waals surface area contributed by atoms with Crippen LogP contribution in [-0.4, -0.2) is 39.7 Å². The summed E-state index contributed by atoms with van der Waals surface area (Å²) in [4.78, 5) is 19.1. The first-order valence-electron chi connectivity index (χ1n) is 6.37. The maximum Gasteiger partial charge on any atom is 0.237 e. The van der Waals surface area contributed by atoms with Gasteiger partial charge in [0.2, 0.25) is 5.91 Å². The topological polar surface area (TPSA) is 90.0 Å². The van der Waals surface area contributed by atoms with Crippen molar-refractivity contribution in [1.29, 1.82) is 0 Å².